The van der Waals surface area contributed by atoms with E-state index < -0.39 is 12.0 Å². The van der Waals surface area contributed by atoms with Crippen LogP contribution >= 0.6 is 12.2 Å². The largest absolute Gasteiger partial charge is 0.507 e. The number of aromatic hydroxyl groups is 1. The average Bonchev–Trinajstić information content (AvgIpc) is 3.36. The van der Waals surface area contributed by atoms with Gasteiger partial charge in [-0.15, -0.1) is 0 Å². The lowest BCUT2D eigenvalue weighted by molar-refractivity contribution is -0.144. The Morgan fingerprint density at radius 3 is 2.65 bits per heavy atom. The first kappa shape index (κ1) is 19.1. The standard InChI is InChI=1S/C18H12F3N7O2S/c1-27-12-5-8(13(29)6-11(12)24-16(27)30)14-25-26-17(31)28(14)7-2-3-9-10(4-7)23-15(22-9)18(19,20)21/h2-6,29H,1H3,(H,22,23)(H,24,30)(H,26,31). The Morgan fingerprint density at radius 1 is 1.13 bits per heavy atom. The van der Waals surface area contributed by atoms with Crippen LogP contribution in [0.25, 0.3) is 39.1 Å². The Morgan fingerprint density at radius 2 is 1.90 bits per heavy atom. The number of fused-ring (bicyclic) bond motifs is 2. The highest BCUT2D eigenvalue weighted by atomic mass is 32.1. The SMILES string of the molecule is Cn1c(=O)[nH]c2cc(O)c(-c3n[nH]c(=S)n3-c3ccc4nc(C(F)(F)F)[nH]c4c3)cc21. The molecule has 0 aliphatic heterocycles. The van der Waals surface area contributed by atoms with Crippen molar-refractivity contribution >= 4 is 34.3 Å². The number of phenolic OH excluding ortho intramolecular Hbond substituents is 1. The number of nitrogens with zero attached hydrogens (tertiary/aromatic N) is 4. The van der Waals surface area contributed by atoms with E-state index in [-0.39, 0.29) is 38.6 Å². The number of hydrogen-bond donors (Lipinski definition) is 4. The molecule has 0 atom stereocenters. The summed E-state index contributed by atoms with van der Waals surface area (Å²) in [6.45, 7) is 0. The molecular weight excluding hydrogens is 435 g/mol. The Balaban J connectivity index is 1.72. The molecule has 158 valence electrons. The Hall–Kier alpha value is -3.87. The zero-order valence-electron chi connectivity index (χ0n) is 15.6. The van der Waals surface area contributed by atoms with Crippen LogP contribution in [-0.2, 0) is 13.2 Å². The molecule has 0 spiro atoms. The molecule has 3 heterocycles. The molecular formula is C18H12F3N7O2S. The molecule has 5 aromatic rings. The number of aromatic nitrogens is 7. The molecule has 0 radical (unpaired) electrons. The van der Waals surface area contributed by atoms with Crippen molar-refractivity contribution in [3.63, 3.8) is 0 Å². The summed E-state index contributed by atoms with van der Waals surface area (Å²) in [7, 11) is 1.57. The monoisotopic (exact) mass is 447 g/mol. The third-order valence-corrected chi connectivity index (χ3v) is 5.20. The molecule has 9 nitrogen and oxygen atoms in total. The van der Waals surface area contributed by atoms with Crippen molar-refractivity contribution in [2.45, 2.75) is 6.18 Å². The fourth-order valence-electron chi connectivity index (χ4n) is 3.43. The summed E-state index contributed by atoms with van der Waals surface area (Å²) in [4.78, 5) is 20.3. The number of halogens is 3. The quantitative estimate of drug-likeness (QED) is 0.309. The maximum atomic E-state index is 13.0. The van der Waals surface area contributed by atoms with Gasteiger partial charge in [-0.25, -0.2) is 9.78 Å². The molecule has 0 unspecified atom stereocenters. The van der Waals surface area contributed by atoms with Gasteiger partial charge in [0, 0.05) is 13.1 Å². The summed E-state index contributed by atoms with van der Waals surface area (Å²) in [5.74, 6) is -1.05. The first-order valence-corrected chi connectivity index (χ1v) is 9.21. The van der Waals surface area contributed by atoms with E-state index in [0.29, 0.717) is 16.7 Å². The van der Waals surface area contributed by atoms with Crippen LogP contribution in [0.2, 0.25) is 0 Å². The van der Waals surface area contributed by atoms with Crippen LogP contribution in [0.5, 0.6) is 5.75 Å². The van der Waals surface area contributed by atoms with Gasteiger partial charge in [0.25, 0.3) is 0 Å². The van der Waals surface area contributed by atoms with Crippen LogP contribution in [0.4, 0.5) is 13.2 Å². The molecule has 31 heavy (non-hydrogen) atoms. The second kappa shape index (κ2) is 6.31. The average molecular weight is 447 g/mol. The number of alkyl halides is 3. The second-order valence-electron chi connectivity index (χ2n) is 6.85. The van der Waals surface area contributed by atoms with Gasteiger partial charge in [0.1, 0.15) is 5.75 Å². The van der Waals surface area contributed by atoms with Crippen LogP contribution in [0.1, 0.15) is 5.82 Å². The maximum Gasteiger partial charge on any atom is 0.449 e. The van der Waals surface area contributed by atoms with Gasteiger partial charge < -0.3 is 15.1 Å². The zero-order valence-corrected chi connectivity index (χ0v) is 16.4. The molecule has 3 aromatic heterocycles. The summed E-state index contributed by atoms with van der Waals surface area (Å²) in [6.07, 6.45) is -4.61. The molecule has 0 saturated heterocycles. The van der Waals surface area contributed by atoms with Crippen LogP contribution in [0.15, 0.2) is 35.1 Å². The van der Waals surface area contributed by atoms with Crippen molar-refractivity contribution in [2.24, 2.45) is 7.05 Å². The first-order valence-electron chi connectivity index (χ1n) is 8.80. The van der Waals surface area contributed by atoms with Gasteiger partial charge in [-0.3, -0.25) is 14.2 Å². The number of aromatic amines is 3. The van der Waals surface area contributed by atoms with Gasteiger partial charge in [0.05, 0.1) is 33.3 Å². The van der Waals surface area contributed by atoms with Crippen molar-refractivity contribution < 1.29 is 18.3 Å². The molecule has 0 saturated carbocycles. The van der Waals surface area contributed by atoms with E-state index in [1.807, 2.05) is 0 Å². The van der Waals surface area contributed by atoms with Gasteiger partial charge in [-0.2, -0.15) is 18.3 Å². The molecule has 0 aliphatic carbocycles. The summed E-state index contributed by atoms with van der Waals surface area (Å²) >= 11 is 5.31. The first-order chi connectivity index (χ1) is 14.6. The van der Waals surface area contributed by atoms with Crippen molar-refractivity contribution in [2.75, 3.05) is 0 Å². The number of hydrogen-bond acceptors (Lipinski definition) is 5. The summed E-state index contributed by atoms with van der Waals surface area (Å²) in [5, 5.41) is 17.3. The topological polar surface area (TPSA) is 120 Å². The second-order valence-corrected chi connectivity index (χ2v) is 7.23. The van der Waals surface area contributed by atoms with Crippen LogP contribution in [-0.4, -0.2) is 39.4 Å². The molecule has 0 amide bonds. The summed E-state index contributed by atoms with van der Waals surface area (Å²) < 4.78 is 41.9. The number of phenols is 1. The summed E-state index contributed by atoms with van der Waals surface area (Å²) in [5.41, 5.74) is 1.59. The lowest BCUT2D eigenvalue weighted by Gasteiger charge is -2.09. The predicted octanol–water partition coefficient (Wildman–Crippen LogP) is 3.38. The van der Waals surface area contributed by atoms with Crippen molar-refractivity contribution in [1.29, 1.82) is 0 Å². The van der Waals surface area contributed by atoms with E-state index in [0.717, 1.165) is 0 Å². The van der Waals surface area contributed by atoms with E-state index in [1.54, 1.807) is 19.2 Å². The van der Waals surface area contributed by atoms with Crippen molar-refractivity contribution in [3.8, 4) is 22.8 Å². The number of imidazole rings is 2. The highest BCUT2D eigenvalue weighted by Crippen LogP contribution is 2.34. The van der Waals surface area contributed by atoms with E-state index in [4.69, 9.17) is 12.2 Å². The highest BCUT2D eigenvalue weighted by molar-refractivity contribution is 7.71. The van der Waals surface area contributed by atoms with Gasteiger partial charge in [-0.1, -0.05) is 0 Å². The van der Waals surface area contributed by atoms with Crippen LogP contribution in [0.3, 0.4) is 0 Å². The Labute approximate surface area is 174 Å². The number of H-pyrrole nitrogens is 3. The fourth-order valence-corrected chi connectivity index (χ4v) is 3.67. The fraction of sp³-hybridized carbons (Fsp3) is 0.111. The van der Waals surface area contributed by atoms with E-state index in [2.05, 4.69) is 25.1 Å². The predicted molar refractivity (Wildman–Crippen MR) is 108 cm³/mol. The minimum Gasteiger partial charge on any atom is -0.507 e. The number of benzene rings is 2. The molecule has 2 aromatic carbocycles. The zero-order chi connectivity index (χ0) is 22.1. The molecule has 0 fully saturated rings. The minimum atomic E-state index is -4.61. The smallest absolute Gasteiger partial charge is 0.449 e. The third-order valence-electron chi connectivity index (χ3n) is 4.93. The Bertz CT molecular complexity index is 1600. The number of aryl methyl sites for hydroxylation is 1. The number of rotatable bonds is 2. The van der Waals surface area contributed by atoms with Gasteiger partial charge in [0.15, 0.2) is 10.6 Å². The van der Waals surface area contributed by atoms with E-state index in [1.165, 1.54) is 27.3 Å². The van der Waals surface area contributed by atoms with Gasteiger partial charge in [0.2, 0.25) is 5.82 Å². The maximum absolute atomic E-state index is 13.0. The van der Waals surface area contributed by atoms with E-state index in [9.17, 15) is 23.1 Å². The highest BCUT2D eigenvalue weighted by Gasteiger charge is 2.34. The van der Waals surface area contributed by atoms with Crippen LogP contribution < -0.4 is 5.69 Å². The minimum absolute atomic E-state index is 0.138. The molecule has 4 N–H and O–H groups in total. The summed E-state index contributed by atoms with van der Waals surface area (Å²) in [6, 6.07) is 7.38. The van der Waals surface area contributed by atoms with E-state index >= 15 is 0 Å². The molecule has 0 bridgehead atoms. The van der Waals surface area contributed by atoms with Crippen LogP contribution in [0, 0.1) is 4.77 Å². The third kappa shape index (κ3) is 2.92. The normalized spacial score (nSPS) is 12.3. The molecule has 13 heteroatoms. The number of nitrogens with one attached hydrogen (secondary N) is 3. The van der Waals surface area contributed by atoms with Crippen molar-refractivity contribution in [1.82, 2.24) is 34.3 Å². The van der Waals surface area contributed by atoms with Crippen molar-refractivity contribution in [3.05, 3.63) is 51.4 Å². The Kier molecular flexibility index (Phi) is 3.89. The molecule has 0 aliphatic rings. The van der Waals surface area contributed by atoms with Gasteiger partial charge >= 0.3 is 11.9 Å². The molecule has 5 rings (SSSR count). The lowest BCUT2D eigenvalue weighted by atomic mass is 10.1. The lowest BCUT2D eigenvalue weighted by Crippen LogP contribution is -2.11. The van der Waals surface area contributed by atoms with Gasteiger partial charge in [-0.05, 0) is 36.5 Å².